The van der Waals surface area contributed by atoms with Crippen molar-refractivity contribution in [3.8, 4) is 17.2 Å². The molecule has 6 aromatic carbocycles. The predicted octanol–water partition coefficient (Wildman–Crippen LogP) is 11.2. The third-order valence-electron chi connectivity index (χ3n) is 7.26. The van der Waals surface area contributed by atoms with Crippen molar-refractivity contribution in [2.24, 2.45) is 0 Å². The van der Waals surface area contributed by atoms with Crippen LogP contribution in [0.3, 0.4) is 0 Å². The topological polar surface area (TPSA) is 27.7 Å². The van der Waals surface area contributed by atoms with Gasteiger partial charge in [0, 0.05) is 0 Å². The molecule has 40 heavy (non-hydrogen) atoms. The van der Waals surface area contributed by atoms with E-state index in [4.69, 9.17) is 13.6 Å². The molecule has 0 saturated carbocycles. The van der Waals surface area contributed by atoms with Crippen molar-refractivity contribution >= 4 is 40.9 Å². The molecule has 0 saturated heterocycles. The molecule has 0 aliphatic rings. The van der Waals surface area contributed by atoms with E-state index in [1.807, 2.05) is 48.5 Å². The average molecular weight is 545 g/mol. The molecule has 0 aliphatic carbocycles. The summed E-state index contributed by atoms with van der Waals surface area (Å²) in [6.45, 7) is 8.83. The second-order valence-electron chi connectivity index (χ2n) is 10.8. The molecule has 0 heterocycles. The van der Waals surface area contributed by atoms with Crippen LogP contribution in [0, 0.1) is 0 Å². The number of fused-ring (bicyclic) bond motifs is 3. The van der Waals surface area contributed by atoms with Crippen LogP contribution in [0.4, 0.5) is 0 Å². The van der Waals surface area contributed by atoms with E-state index in [0.29, 0.717) is 17.4 Å². The minimum absolute atomic E-state index is 0.264. The third kappa shape index (κ3) is 5.62. The van der Waals surface area contributed by atoms with Crippen molar-refractivity contribution in [2.75, 3.05) is 0 Å². The molecule has 0 spiro atoms. The SMILES string of the molecule is CC(C)c1ccc2cc(OP(Oc3ccc4ccccc4c3)Oc3ccc4ccccc4c3)c(C(C)C)cc2c1. The lowest BCUT2D eigenvalue weighted by Crippen LogP contribution is -2.05. The Labute approximate surface area is 237 Å². The van der Waals surface area contributed by atoms with Crippen LogP contribution in [-0.4, -0.2) is 0 Å². The van der Waals surface area contributed by atoms with Crippen LogP contribution in [0.15, 0.2) is 115 Å². The summed E-state index contributed by atoms with van der Waals surface area (Å²) in [5.74, 6) is 2.94. The lowest BCUT2D eigenvalue weighted by molar-refractivity contribution is 0.386. The first-order valence-electron chi connectivity index (χ1n) is 13.8. The van der Waals surface area contributed by atoms with Gasteiger partial charge in [0.2, 0.25) is 0 Å². The van der Waals surface area contributed by atoms with Crippen molar-refractivity contribution in [2.45, 2.75) is 39.5 Å². The first-order valence-corrected chi connectivity index (χ1v) is 14.9. The summed E-state index contributed by atoms with van der Waals surface area (Å²) in [5, 5.41) is 6.89. The second kappa shape index (κ2) is 11.2. The van der Waals surface area contributed by atoms with Crippen molar-refractivity contribution in [1.82, 2.24) is 0 Å². The van der Waals surface area contributed by atoms with E-state index in [2.05, 4.69) is 94.4 Å². The van der Waals surface area contributed by atoms with Crippen LogP contribution >= 0.6 is 8.60 Å². The maximum atomic E-state index is 6.65. The van der Waals surface area contributed by atoms with Crippen molar-refractivity contribution < 1.29 is 13.6 Å². The lowest BCUT2D eigenvalue weighted by atomic mass is 9.95. The van der Waals surface area contributed by atoms with Crippen LogP contribution in [0.1, 0.15) is 50.7 Å². The molecule has 0 aromatic heterocycles. The minimum atomic E-state index is -1.81. The molecule has 3 nitrogen and oxygen atoms in total. The molecule has 200 valence electrons. The molecule has 0 atom stereocenters. The summed E-state index contributed by atoms with van der Waals surface area (Å²) in [7, 11) is -1.81. The highest BCUT2D eigenvalue weighted by atomic mass is 31.2. The van der Waals surface area contributed by atoms with Gasteiger partial charge in [-0.05, 0) is 91.7 Å². The van der Waals surface area contributed by atoms with Crippen LogP contribution in [0.25, 0.3) is 32.3 Å². The summed E-state index contributed by atoms with van der Waals surface area (Å²) in [5.41, 5.74) is 2.46. The highest BCUT2D eigenvalue weighted by Crippen LogP contribution is 2.46. The third-order valence-corrected chi connectivity index (χ3v) is 8.32. The van der Waals surface area contributed by atoms with Crippen molar-refractivity contribution in [1.29, 1.82) is 0 Å². The smallest absolute Gasteiger partial charge is 0.408 e. The molecule has 0 fully saturated rings. The Bertz CT molecular complexity index is 1730. The second-order valence-corrected chi connectivity index (χ2v) is 11.8. The lowest BCUT2D eigenvalue weighted by Gasteiger charge is -2.21. The zero-order valence-corrected chi connectivity index (χ0v) is 24.2. The molecule has 0 amide bonds. The van der Waals surface area contributed by atoms with Gasteiger partial charge in [0.1, 0.15) is 17.2 Å². The Kier molecular flexibility index (Phi) is 7.32. The highest BCUT2D eigenvalue weighted by molar-refractivity contribution is 7.43. The molecular formula is C36H33O3P. The van der Waals surface area contributed by atoms with Crippen LogP contribution in [-0.2, 0) is 0 Å². The van der Waals surface area contributed by atoms with Gasteiger partial charge in [0.05, 0.1) is 0 Å². The number of hydrogen-bond acceptors (Lipinski definition) is 3. The van der Waals surface area contributed by atoms with Crippen molar-refractivity contribution in [3.63, 3.8) is 0 Å². The Balaban J connectivity index is 1.38. The van der Waals surface area contributed by atoms with Gasteiger partial charge in [-0.1, -0.05) is 107 Å². The van der Waals surface area contributed by atoms with Gasteiger partial charge < -0.3 is 13.6 Å². The summed E-state index contributed by atoms with van der Waals surface area (Å²) in [4.78, 5) is 0. The zero-order valence-electron chi connectivity index (χ0n) is 23.3. The number of rotatable bonds is 8. The van der Waals surface area contributed by atoms with E-state index in [-0.39, 0.29) is 5.92 Å². The van der Waals surface area contributed by atoms with Crippen LogP contribution in [0.5, 0.6) is 17.2 Å². The Morgan fingerprint density at radius 2 is 0.975 bits per heavy atom. The van der Waals surface area contributed by atoms with Gasteiger partial charge in [-0.3, -0.25) is 0 Å². The maximum absolute atomic E-state index is 6.65. The molecular weight excluding hydrogens is 511 g/mol. The van der Waals surface area contributed by atoms with Gasteiger partial charge >= 0.3 is 8.60 Å². The fourth-order valence-corrected chi connectivity index (χ4v) is 5.96. The van der Waals surface area contributed by atoms with Gasteiger partial charge in [-0.25, -0.2) is 0 Å². The van der Waals surface area contributed by atoms with E-state index in [1.165, 1.54) is 10.9 Å². The Morgan fingerprint density at radius 3 is 1.52 bits per heavy atom. The van der Waals surface area contributed by atoms with E-state index < -0.39 is 8.60 Å². The standard InChI is InChI=1S/C36H33O3P/c1-24(2)28-13-14-31-23-36(35(25(3)4)22-32(31)19-28)39-40(37-33-17-15-26-9-5-7-11-29(26)20-33)38-34-18-16-27-10-6-8-12-30(27)21-34/h5-25H,1-4H3. The van der Waals surface area contributed by atoms with E-state index in [0.717, 1.165) is 38.2 Å². The first-order chi connectivity index (χ1) is 19.4. The van der Waals surface area contributed by atoms with Gasteiger partial charge in [0.15, 0.2) is 0 Å². The fourth-order valence-electron chi connectivity index (χ4n) is 4.96. The quantitative estimate of drug-likeness (QED) is 0.178. The number of hydrogen-bond donors (Lipinski definition) is 0. The Morgan fingerprint density at radius 1 is 0.450 bits per heavy atom. The zero-order chi connectivity index (χ0) is 27.6. The molecule has 0 radical (unpaired) electrons. The first kappa shape index (κ1) is 26.2. The average Bonchev–Trinajstić information content (AvgIpc) is 2.96. The van der Waals surface area contributed by atoms with E-state index in [1.54, 1.807) is 0 Å². The normalized spacial score (nSPS) is 11.7. The number of benzene rings is 6. The largest absolute Gasteiger partial charge is 0.530 e. The van der Waals surface area contributed by atoms with Crippen molar-refractivity contribution in [3.05, 3.63) is 126 Å². The van der Waals surface area contributed by atoms with Gasteiger partial charge in [0.25, 0.3) is 0 Å². The van der Waals surface area contributed by atoms with E-state index in [9.17, 15) is 0 Å². The summed E-state index contributed by atoms with van der Waals surface area (Å²) in [6.07, 6.45) is 0. The molecule has 4 heteroatoms. The summed E-state index contributed by atoms with van der Waals surface area (Å²) < 4.78 is 19.6. The predicted molar refractivity (Wildman–Crippen MR) is 169 cm³/mol. The highest BCUT2D eigenvalue weighted by Gasteiger charge is 2.23. The van der Waals surface area contributed by atoms with Crippen LogP contribution in [0.2, 0.25) is 0 Å². The molecule has 0 aliphatic heterocycles. The summed E-state index contributed by atoms with van der Waals surface area (Å²) >= 11 is 0. The van der Waals surface area contributed by atoms with Gasteiger partial charge in [-0.2, -0.15) is 0 Å². The molecule has 6 rings (SSSR count). The van der Waals surface area contributed by atoms with Gasteiger partial charge in [-0.15, -0.1) is 0 Å². The molecule has 0 unspecified atom stereocenters. The Hall–Kier alpha value is -4.07. The fraction of sp³-hybridized carbons (Fsp3) is 0.167. The monoisotopic (exact) mass is 544 g/mol. The minimum Gasteiger partial charge on any atom is -0.408 e. The van der Waals surface area contributed by atoms with E-state index >= 15 is 0 Å². The molecule has 0 bridgehead atoms. The maximum Gasteiger partial charge on any atom is 0.530 e. The molecule has 0 N–H and O–H groups in total. The summed E-state index contributed by atoms with van der Waals surface area (Å²) in [6, 6.07) is 39.7. The van der Waals surface area contributed by atoms with Crippen LogP contribution < -0.4 is 13.6 Å². The molecule has 6 aromatic rings.